The van der Waals surface area contributed by atoms with Gasteiger partial charge in [-0.3, -0.25) is 0 Å². The Labute approximate surface area is 144 Å². The van der Waals surface area contributed by atoms with Crippen molar-refractivity contribution in [1.29, 1.82) is 0 Å². The van der Waals surface area contributed by atoms with Crippen LogP contribution in [-0.2, 0) is 21.4 Å². The maximum Gasteiger partial charge on any atom is 0.243 e. The van der Waals surface area contributed by atoms with Gasteiger partial charge >= 0.3 is 0 Å². The normalized spacial score (nSPS) is 19.3. The molecule has 0 aromatic heterocycles. The summed E-state index contributed by atoms with van der Waals surface area (Å²) < 4.78 is 33.0. The Morgan fingerprint density at radius 3 is 2.54 bits per heavy atom. The van der Waals surface area contributed by atoms with Crippen LogP contribution in [0, 0.1) is 6.92 Å². The molecule has 1 unspecified atom stereocenters. The Kier molecular flexibility index (Phi) is 5.33. The molecule has 1 aliphatic rings. The van der Waals surface area contributed by atoms with Gasteiger partial charge in [-0.2, -0.15) is 4.31 Å². The third-order valence-corrected chi connectivity index (χ3v) is 6.34. The smallest absolute Gasteiger partial charge is 0.243 e. The Balaban J connectivity index is 1.65. The highest BCUT2D eigenvalue weighted by Crippen LogP contribution is 2.22. The van der Waals surface area contributed by atoms with Gasteiger partial charge in [0.25, 0.3) is 0 Å². The van der Waals surface area contributed by atoms with Crippen molar-refractivity contribution in [1.82, 2.24) is 4.31 Å². The largest absolute Gasteiger partial charge is 0.372 e. The van der Waals surface area contributed by atoms with Gasteiger partial charge in [0.05, 0.1) is 17.6 Å². The molecule has 1 aliphatic heterocycles. The van der Waals surface area contributed by atoms with Gasteiger partial charge < -0.3 is 4.74 Å². The molecule has 1 fully saturated rings. The standard InChI is InChI=1S/C19H23NO3S/c1-16-8-5-6-9-17(16)15-23-18-10-7-13-20(14-18)24(21,22)19-11-3-2-4-12-19/h2-6,8-9,11-12,18H,7,10,13-15H2,1H3. The van der Waals surface area contributed by atoms with Crippen molar-refractivity contribution in [2.45, 2.75) is 37.4 Å². The Morgan fingerprint density at radius 2 is 1.79 bits per heavy atom. The summed E-state index contributed by atoms with van der Waals surface area (Å²) in [6, 6.07) is 16.7. The summed E-state index contributed by atoms with van der Waals surface area (Å²) in [5.74, 6) is 0. The van der Waals surface area contributed by atoms with Gasteiger partial charge in [0.2, 0.25) is 10.0 Å². The number of ether oxygens (including phenoxy) is 1. The van der Waals surface area contributed by atoms with E-state index in [0.29, 0.717) is 24.6 Å². The van der Waals surface area contributed by atoms with Crippen molar-refractivity contribution in [3.05, 3.63) is 65.7 Å². The molecule has 128 valence electrons. The van der Waals surface area contributed by atoms with Crippen LogP contribution in [0.2, 0.25) is 0 Å². The molecule has 0 spiro atoms. The van der Waals surface area contributed by atoms with E-state index in [4.69, 9.17) is 4.74 Å². The third kappa shape index (κ3) is 3.86. The number of aryl methyl sites for hydroxylation is 1. The molecule has 2 aromatic carbocycles. The van der Waals surface area contributed by atoms with Crippen LogP contribution in [0.15, 0.2) is 59.5 Å². The highest BCUT2D eigenvalue weighted by molar-refractivity contribution is 7.89. The first-order valence-electron chi connectivity index (χ1n) is 8.28. The van der Waals surface area contributed by atoms with Gasteiger partial charge in [0.1, 0.15) is 0 Å². The first-order valence-corrected chi connectivity index (χ1v) is 9.73. The number of benzene rings is 2. The highest BCUT2D eigenvalue weighted by atomic mass is 32.2. The van der Waals surface area contributed by atoms with E-state index >= 15 is 0 Å². The van der Waals surface area contributed by atoms with Crippen LogP contribution >= 0.6 is 0 Å². The molecule has 4 nitrogen and oxygen atoms in total. The van der Waals surface area contributed by atoms with E-state index in [1.165, 1.54) is 5.56 Å². The minimum atomic E-state index is -3.43. The summed E-state index contributed by atoms with van der Waals surface area (Å²) in [5.41, 5.74) is 2.35. The lowest BCUT2D eigenvalue weighted by Gasteiger charge is -2.32. The Morgan fingerprint density at radius 1 is 1.08 bits per heavy atom. The zero-order valence-corrected chi connectivity index (χ0v) is 14.7. The van der Waals surface area contributed by atoms with Crippen molar-refractivity contribution in [3.8, 4) is 0 Å². The topological polar surface area (TPSA) is 46.6 Å². The molecule has 0 radical (unpaired) electrons. The second-order valence-corrected chi connectivity index (χ2v) is 8.12. The van der Waals surface area contributed by atoms with Crippen molar-refractivity contribution in [3.63, 3.8) is 0 Å². The maximum absolute atomic E-state index is 12.7. The second-order valence-electron chi connectivity index (χ2n) is 6.18. The van der Waals surface area contributed by atoms with Crippen molar-refractivity contribution in [2.75, 3.05) is 13.1 Å². The molecule has 5 heteroatoms. The molecule has 3 rings (SSSR count). The van der Waals surface area contributed by atoms with Gasteiger partial charge in [-0.1, -0.05) is 42.5 Å². The molecule has 1 atom stereocenters. The van der Waals surface area contributed by atoms with E-state index in [9.17, 15) is 8.42 Å². The molecule has 1 saturated heterocycles. The molecule has 2 aromatic rings. The van der Waals surface area contributed by atoms with Crippen molar-refractivity contribution in [2.24, 2.45) is 0 Å². The van der Waals surface area contributed by atoms with Gasteiger partial charge in [0.15, 0.2) is 0 Å². The molecule has 0 N–H and O–H groups in total. The van der Waals surface area contributed by atoms with Crippen LogP contribution in [0.4, 0.5) is 0 Å². The molecule has 0 aliphatic carbocycles. The van der Waals surface area contributed by atoms with E-state index < -0.39 is 10.0 Å². The molecular weight excluding hydrogens is 322 g/mol. The van der Waals surface area contributed by atoms with Crippen molar-refractivity contribution >= 4 is 10.0 Å². The lowest BCUT2D eigenvalue weighted by Crippen LogP contribution is -2.43. The molecule has 0 saturated carbocycles. The fourth-order valence-electron chi connectivity index (χ4n) is 2.98. The fourth-order valence-corrected chi connectivity index (χ4v) is 4.51. The summed E-state index contributed by atoms with van der Waals surface area (Å²) in [7, 11) is -3.43. The molecule has 24 heavy (non-hydrogen) atoms. The Hall–Kier alpha value is -1.69. The number of sulfonamides is 1. The quantitative estimate of drug-likeness (QED) is 0.835. The van der Waals surface area contributed by atoms with E-state index in [1.54, 1.807) is 28.6 Å². The molecule has 1 heterocycles. The average Bonchev–Trinajstić information content (AvgIpc) is 2.62. The first kappa shape index (κ1) is 17.1. The highest BCUT2D eigenvalue weighted by Gasteiger charge is 2.30. The van der Waals surface area contributed by atoms with Crippen LogP contribution in [0.25, 0.3) is 0 Å². The number of nitrogens with zero attached hydrogens (tertiary/aromatic N) is 1. The predicted octanol–water partition coefficient (Wildman–Crippen LogP) is 3.36. The third-order valence-electron chi connectivity index (χ3n) is 4.46. The number of hydrogen-bond acceptors (Lipinski definition) is 3. The molecular formula is C19H23NO3S. The predicted molar refractivity (Wildman–Crippen MR) is 94.2 cm³/mol. The van der Waals surface area contributed by atoms with Gasteiger partial charge in [-0.25, -0.2) is 8.42 Å². The number of hydrogen-bond donors (Lipinski definition) is 0. The molecule has 0 bridgehead atoms. The van der Waals surface area contributed by atoms with Crippen LogP contribution < -0.4 is 0 Å². The van der Waals surface area contributed by atoms with Gasteiger partial charge in [-0.05, 0) is 43.0 Å². The van der Waals surface area contributed by atoms with Gasteiger partial charge in [0, 0.05) is 13.1 Å². The van der Waals surface area contributed by atoms with Crippen LogP contribution in [0.3, 0.4) is 0 Å². The lowest BCUT2D eigenvalue weighted by atomic mass is 10.1. The van der Waals surface area contributed by atoms with Crippen LogP contribution in [0.5, 0.6) is 0 Å². The zero-order chi connectivity index (χ0) is 17.0. The maximum atomic E-state index is 12.7. The number of rotatable bonds is 5. The second kappa shape index (κ2) is 7.47. The van der Waals surface area contributed by atoms with Crippen LogP contribution in [-0.4, -0.2) is 31.9 Å². The Bertz CT molecular complexity index is 774. The van der Waals surface area contributed by atoms with Gasteiger partial charge in [-0.15, -0.1) is 0 Å². The molecule has 0 amide bonds. The summed E-state index contributed by atoms with van der Waals surface area (Å²) in [4.78, 5) is 0.351. The van der Waals surface area contributed by atoms with Crippen molar-refractivity contribution < 1.29 is 13.2 Å². The minimum absolute atomic E-state index is 0.0585. The first-order chi connectivity index (χ1) is 11.6. The summed E-state index contributed by atoms with van der Waals surface area (Å²) >= 11 is 0. The van der Waals surface area contributed by atoms with E-state index in [0.717, 1.165) is 18.4 Å². The van der Waals surface area contributed by atoms with Crippen LogP contribution in [0.1, 0.15) is 24.0 Å². The summed E-state index contributed by atoms with van der Waals surface area (Å²) in [6.07, 6.45) is 1.66. The van der Waals surface area contributed by atoms with E-state index in [2.05, 4.69) is 19.1 Å². The lowest BCUT2D eigenvalue weighted by molar-refractivity contribution is 0.00791. The van der Waals surface area contributed by atoms with E-state index in [-0.39, 0.29) is 6.10 Å². The summed E-state index contributed by atoms with van der Waals surface area (Å²) in [5, 5.41) is 0. The average molecular weight is 345 g/mol. The SMILES string of the molecule is Cc1ccccc1COC1CCCN(S(=O)(=O)c2ccccc2)C1. The monoisotopic (exact) mass is 345 g/mol. The van der Waals surface area contributed by atoms with E-state index in [1.807, 2.05) is 18.2 Å². The zero-order valence-electron chi connectivity index (χ0n) is 13.9. The number of piperidine rings is 1. The fraction of sp³-hybridized carbons (Fsp3) is 0.368. The summed E-state index contributed by atoms with van der Waals surface area (Å²) in [6.45, 7) is 3.56. The minimum Gasteiger partial charge on any atom is -0.372 e.